The first-order chi connectivity index (χ1) is 13.5. The minimum Gasteiger partial charge on any atom is -0.478 e. The summed E-state index contributed by atoms with van der Waals surface area (Å²) < 4.78 is 5.78. The van der Waals surface area contributed by atoms with Crippen LogP contribution in [-0.2, 0) is 6.54 Å². The van der Waals surface area contributed by atoms with E-state index in [-0.39, 0.29) is 23.7 Å². The molecule has 0 aliphatic rings. The van der Waals surface area contributed by atoms with Gasteiger partial charge in [-0.3, -0.25) is 10.1 Å². The summed E-state index contributed by atoms with van der Waals surface area (Å²) >= 11 is 0. The number of nitrogens with zero attached hydrogens (tertiary/aromatic N) is 1. The standard InChI is InChI=1S/C20H19N3O5.ClH/c24-20(25)15-3-1-14(2-4-15)19-10-9-18(28-19)13-21-11-12-22-16-5-7-17(8-6-16)23(26)27;/h1-10,21-22H,11-13H2,(H,24,25);1H. The summed E-state index contributed by atoms with van der Waals surface area (Å²) in [6, 6.07) is 16.5. The van der Waals surface area contributed by atoms with Gasteiger partial charge >= 0.3 is 5.97 Å². The Labute approximate surface area is 173 Å². The number of anilines is 1. The Morgan fingerprint density at radius 2 is 1.69 bits per heavy atom. The van der Waals surface area contributed by atoms with Crippen LogP contribution in [0.25, 0.3) is 11.3 Å². The van der Waals surface area contributed by atoms with E-state index in [2.05, 4.69) is 10.6 Å². The number of carboxylic acid groups (broad SMARTS) is 1. The first-order valence-corrected chi connectivity index (χ1v) is 8.64. The van der Waals surface area contributed by atoms with Crippen molar-refractivity contribution in [3.63, 3.8) is 0 Å². The monoisotopic (exact) mass is 417 g/mol. The Morgan fingerprint density at radius 3 is 2.31 bits per heavy atom. The second kappa shape index (κ2) is 10.3. The highest BCUT2D eigenvalue weighted by atomic mass is 35.5. The lowest BCUT2D eigenvalue weighted by molar-refractivity contribution is -0.384. The minimum absolute atomic E-state index is 0. The van der Waals surface area contributed by atoms with Crippen molar-refractivity contribution < 1.29 is 19.2 Å². The summed E-state index contributed by atoms with van der Waals surface area (Å²) in [4.78, 5) is 21.1. The van der Waals surface area contributed by atoms with Crippen LogP contribution in [0.3, 0.4) is 0 Å². The summed E-state index contributed by atoms with van der Waals surface area (Å²) in [5, 5.41) is 26.0. The maximum Gasteiger partial charge on any atom is 0.335 e. The fraction of sp³-hybridized carbons (Fsp3) is 0.150. The Kier molecular flexibility index (Phi) is 7.76. The molecule has 9 heteroatoms. The van der Waals surface area contributed by atoms with E-state index in [0.717, 1.165) is 17.0 Å². The van der Waals surface area contributed by atoms with E-state index in [1.165, 1.54) is 12.1 Å². The number of rotatable bonds is 9. The first-order valence-electron chi connectivity index (χ1n) is 8.64. The Morgan fingerprint density at radius 1 is 1.00 bits per heavy atom. The molecule has 1 aromatic heterocycles. The zero-order valence-electron chi connectivity index (χ0n) is 15.3. The van der Waals surface area contributed by atoms with Crippen molar-refractivity contribution in [2.24, 2.45) is 0 Å². The molecular weight excluding hydrogens is 398 g/mol. The lowest BCUT2D eigenvalue weighted by Crippen LogP contribution is -2.21. The van der Waals surface area contributed by atoms with Crippen molar-refractivity contribution in [2.45, 2.75) is 6.54 Å². The van der Waals surface area contributed by atoms with E-state index in [9.17, 15) is 14.9 Å². The van der Waals surface area contributed by atoms with Gasteiger partial charge in [-0.05, 0) is 36.4 Å². The van der Waals surface area contributed by atoms with Crippen molar-refractivity contribution >= 4 is 29.8 Å². The normalized spacial score (nSPS) is 10.2. The quantitative estimate of drug-likeness (QED) is 0.271. The van der Waals surface area contributed by atoms with Crippen LogP contribution < -0.4 is 10.6 Å². The van der Waals surface area contributed by atoms with Gasteiger partial charge in [0, 0.05) is 36.5 Å². The smallest absolute Gasteiger partial charge is 0.335 e. The average molecular weight is 418 g/mol. The number of non-ortho nitro benzene ring substituents is 1. The van der Waals surface area contributed by atoms with E-state index in [1.807, 2.05) is 12.1 Å². The fourth-order valence-corrected chi connectivity index (χ4v) is 2.61. The highest BCUT2D eigenvalue weighted by Crippen LogP contribution is 2.22. The molecule has 0 amide bonds. The SMILES string of the molecule is Cl.O=C(O)c1ccc(-c2ccc(CNCCNc3ccc([N+](=O)[O-])cc3)o2)cc1. The number of aromatic carboxylic acids is 1. The van der Waals surface area contributed by atoms with Gasteiger partial charge in [0.15, 0.2) is 0 Å². The summed E-state index contributed by atoms with van der Waals surface area (Å²) in [6.07, 6.45) is 0. The molecule has 0 fully saturated rings. The number of nitro benzene ring substituents is 1. The lowest BCUT2D eigenvalue weighted by Gasteiger charge is -2.07. The Bertz CT molecular complexity index is 955. The summed E-state index contributed by atoms with van der Waals surface area (Å²) in [5.41, 5.74) is 1.93. The molecule has 0 saturated heterocycles. The maximum atomic E-state index is 10.9. The zero-order chi connectivity index (χ0) is 19.9. The minimum atomic E-state index is -0.960. The summed E-state index contributed by atoms with van der Waals surface area (Å²) in [5.74, 6) is 0.489. The molecular formula is C20H20ClN3O5. The lowest BCUT2D eigenvalue weighted by atomic mass is 10.1. The van der Waals surface area contributed by atoms with Gasteiger partial charge in [-0.2, -0.15) is 0 Å². The van der Waals surface area contributed by atoms with E-state index < -0.39 is 10.9 Å². The van der Waals surface area contributed by atoms with Gasteiger partial charge in [-0.25, -0.2) is 4.79 Å². The van der Waals surface area contributed by atoms with Crippen LogP contribution >= 0.6 is 12.4 Å². The molecule has 1 heterocycles. The van der Waals surface area contributed by atoms with Crippen LogP contribution in [0.5, 0.6) is 0 Å². The molecule has 0 aliphatic heterocycles. The number of nitro groups is 1. The molecule has 0 spiro atoms. The molecule has 0 atom stereocenters. The van der Waals surface area contributed by atoms with Crippen LogP contribution in [-0.4, -0.2) is 29.1 Å². The van der Waals surface area contributed by atoms with Gasteiger partial charge in [0.05, 0.1) is 17.0 Å². The molecule has 2 aromatic carbocycles. The number of carbonyl (C=O) groups is 1. The molecule has 3 aromatic rings. The van der Waals surface area contributed by atoms with E-state index >= 15 is 0 Å². The molecule has 0 bridgehead atoms. The first kappa shape index (κ1) is 21.9. The van der Waals surface area contributed by atoms with Crippen molar-refractivity contribution in [3.8, 4) is 11.3 Å². The molecule has 152 valence electrons. The van der Waals surface area contributed by atoms with Crippen molar-refractivity contribution in [1.29, 1.82) is 0 Å². The number of benzene rings is 2. The van der Waals surface area contributed by atoms with Crippen LogP contribution in [0.2, 0.25) is 0 Å². The number of carboxylic acids is 1. The molecule has 0 saturated carbocycles. The third-order valence-corrected chi connectivity index (χ3v) is 4.09. The molecule has 3 rings (SSSR count). The summed E-state index contributed by atoms with van der Waals surface area (Å²) in [6.45, 7) is 1.89. The Hall–Kier alpha value is -3.36. The predicted molar refractivity (Wildman–Crippen MR) is 112 cm³/mol. The molecule has 0 unspecified atom stereocenters. The van der Waals surface area contributed by atoms with Crippen LogP contribution in [0, 0.1) is 10.1 Å². The van der Waals surface area contributed by atoms with Gasteiger partial charge in [0.1, 0.15) is 11.5 Å². The third-order valence-electron chi connectivity index (χ3n) is 4.09. The maximum absolute atomic E-state index is 10.9. The van der Waals surface area contributed by atoms with Gasteiger partial charge in [0.25, 0.3) is 5.69 Å². The third kappa shape index (κ3) is 6.06. The van der Waals surface area contributed by atoms with Crippen molar-refractivity contribution in [2.75, 3.05) is 18.4 Å². The largest absolute Gasteiger partial charge is 0.478 e. The zero-order valence-corrected chi connectivity index (χ0v) is 16.1. The molecule has 8 nitrogen and oxygen atoms in total. The summed E-state index contributed by atoms with van der Waals surface area (Å²) in [7, 11) is 0. The molecule has 0 radical (unpaired) electrons. The number of hydrogen-bond acceptors (Lipinski definition) is 6. The second-order valence-corrected chi connectivity index (χ2v) is 6.06. The number of hydrogen-bond donors (Lipinski definition) is 3. The fourth-order valence-electron chi connectivity index (χ4n) is 2.61. The van der Waals surface area contributed by atoms with Crippen LogP contribution in [0.4, 0.5) is 11.4 Å². The van der Waals surface area contributed by atoms with E-state index in [1.54, 1.807) is 36.4 Å². The van der Waals surface area contributed by atoms with Gasteiger partial charge < -0.3 is 20.2 Å². The molecule has 3 N–H and O–H groups in total. The van der Waals surface area contributed by atoms with E-state index in [4.69, 9.17) is 9.52 Å². The Balaban J connectivity index is 0.00000300. The number of furan rings is 1. The van der Waals surface area contributed by atoms with Gasteiger partial charge in [0.2, 0.25) is 0 Å². The molecule has 29 heavy (non-hydrogen) atoms. The predicted octanol–water partition coefficient (Wildman–Crippen LogP) is 4.18. The van der Waals surface area contributed by atoms with Crippen LogP contribution in [0.1, 0.15) is 16.1 Å². The highest BCUT2D eigenvalue weighted by molar-refractivity contribution is 5.88. The number of halogens is 1. The molecule has 0 aliphatic carbocycles. The van der Waals surface area contributed by atoms with Crippen molar-refractivity contribution in [1.82, 2.24) is 5.32 Å². The second-order valence-electron chi connectivity index (χ2n) is 6.06. The average Bonchev–Trinajstić information content (AvgIpc) is 3.17. The number of nitrogens with one attached hydrogen (secondary N) is 2. The topological polar surface area (TPSA) is 118 Å². The van der Waals surface area contributed by atoms with Gasteiger partial charge in [-0.1, -0.05) is 12.1 Å². The van der Waals surface area contributed by atoms with Crippen molar-refractivity contribution in [3.05, 3.63) is 82.1 Å². The van der Waals surface area contributed by atoms with Crippen LogP contribution in [0.15, 0.2) is 65.1 Å². The van der Waals surface area contributed by atoms with E-state index in [0.29, 0.717) is 25.4 Å². The highest BCUT2D eigenvalue weighted by Gasteiger charge is 2.07. The van der Waals surface area contributed by atoms with Gasteiger partial charge in [-0.15, -0.1) is 12.4 Å².